The van der Waals surface area contributed by atoms with Gasteiger partial charge in [-0.3, -0.25) is 19.8 Å². The Morgan fingerprint density at radius 3 is 2.71 bits per heavy atom. The van der Waals surface area contributed by atoms with Gasteiger partial charge in [-0.05, 0) is 31.7 Å². The van der Waals surface area contributed by atoms with Crippen molar-refractivity contribution >= 4 is 17.5 Å². The maximum absolute atomic E-state index is 13.8. The zero-order chi connectivity index (χ0) is 21.6. The molecular weight excluding hydrogens is 394 g/mol. The van der Waals surface area contributed by atoms with Crippen LogP contribution in [0.2, 0.25) is 0 Å². The number of aryl methyl sites for hydroxylation is 1. The van der Waals surface area contributed by atoms with Crippen molar-refractivity contribution < 1.29 is 9.72 Å². The Labute approximate surface area is 181 Å². The number of nitro groups is 1. The van der Waals surface area contributed by atoms with Gasteiger partial charge in [0.1, 0.15) is 0 Å². The van der Waals surface area contributed by atoms with Crippen molar-refractivity contribution in [1.29, 1.82) is 0 Å². The van der Waals surface area contributed by atoms with Crippen LogP contribution in [0.5, 0.6) is 0 Å². The normalized spacial score (nSPS) is 24.5. The summed E-state index contributed by atoms with van der Waals surface area (Å²) in [5.41, 5.74) is 0.215. The average Bonchev–Trinajstić information content (AvgIpc) is 3.25. The van der Waals surface area contributed by atoms with E-state index in [0.717, 1.165) is 37.9 Å². The number of nitrogens with zero attached hydrogens (tertiary/aromatic N) is 5. The van der Waals surface area contributed by atoms with E-state index >= 15 is 0 Å². The topological polar surface area (TPSA) is 94.2 Å². The maximum atomic E-state index is 13.8. The molecular formula is C23H29N5O3. The lowest BCUT2D eigenvalue weighted by Gasteiger charge is -2.55. The number of carbonyl (C=O) groups is 1. The molecule has 5 rings (SSSR count). The molecule has 1 aliphatic heterocycles. The van der Waals surface area contributed by atoms with Gasteiger partial charge in [0.25, 0.3) is 11.6 Å². The highest BCUT2D eigenvalue weighted by Gasteiger charge is 2.55. The number of hydrogen-bond donors (Lipinski definition) is 0. The quantitative estimate of drug-likeness (QED) is 0.530. The van der Waals surface area contributed by atoms with Crippen molar-refractivity contribution in [3.63, 3.8) is 0 Å². The minimum atomic E-state index is -0.453. The first-order valence-corrected chi connectivity index (χ1v) is 11.6. The monoisotopic (exact) mass is 423 g/mol. The summed E-state index contributed by atoms with van der Waals surface area (Å²) in [5, 5.41) is 16.2. The first kappa shape index (κ1) is 20.2. The van der Waals surface area contributed by atoms with Crippen LogP contribution in [0, 0.1) is 16.0 Å². The summed E-state index contributed by atoms with van der Waals surface area (Å²) < 4.78 is 2.09. The molecule has 1 aromatic heterocycles. The third kappa shape index (κ3) is 3.15. The fourth-order valence-corrected chi connectivity index (χ4v) is 6.18. The predicted octanol–water partition coefficient (Wildman–Crippen LogP) is 4.63. The molecule has 1 aromatic carbocycles. The average molecular weight is 424 g/mol. The molecule has 2 unspecified atom stereocenters. The van der Waals surface area contributed by atoms with Gasteiger partial charge in [-0.1, -0.05) is 45.1 Å². The summed E-state index contributed by atoms with van der Waals surface area (Å²) >= 11 is 0. The van der Waals surface area contributed by atoms with Crippen LogP contribution in [0.15, 0.2) is 24.3 Å². The molecule has 2 aromatic rings. The molecule has 8 heteroatoms. The number of amides is 1. The highest BCUT2D eigenvalue weighted by molar-refractivity contribution is 6.06. The van der Waals surface area contributed by atoms with Crippen molar-refractivity contribution in [3.8, 4) is 0 Å². The molecule has 0 bridgehead atoms. The maximum Gasteiger partial charge on any atom is 0.270 e. The van der Waals surface area contributed by atoms with E-state index in [1.54, 1.807) is 12.1 Å². The van der Waals surface area contributed by atoms with Crippen LogP contribution in [-0.2, 0) is 12.0 Å². The largest absolute Gasteiger partial charge is 0.273 e. The number of non-ortho nitro benzene ring substituents is 1. The van der Waals surface area contributed by atoms with Crippen molar-refractivity contribution in [1.82, 2.24) is 14.8 Å². The van der Waals surface area contributed by atoms with Gasteiger partial charge in [0.2, 0.25) is 5.95 Å². The first-order chi connectivity index (χ1) is 15.0. The van der Waals surface area contributed by atoms with E-state index in [1.165, 1.54) is 37.8 Å². The predicted molar refractivity (Wildman–Crippen MR) is 116 cm³/mol. The summed E-state index contributed by atoms with van der Waals surface area (Å²) in [6, 6.07) is 6.12. The number of anilines is 1. The van der Waals surface area contributed by atoms with Crippen LogP contribution >= 0.6 is 0 Å². The molecule has 2 aliphatic carbocycles. The molecule has 0 radical (unpaired) electrons. The summed E-state index contributed by atoms with van der Waals surface area (Å²) in [5.74, 6) is 1.54. The zero-order valence-corrected chi connectivity index (χ0v) is 18.0. The molecule has 0 saturated heterocycles. The van der Waals surface area contributed by atoms with Crippen molar-refractivity contribution in [3.05, 3.63) is 45.8 Å². The van der Waals surface area contributed by atoms with Crippen LogP contribution in [0.1, 0.15) is 80.9 Å². The van der Waals surface area contributed by atoms with E-state index in [0.29, 0.717) is 23.9 Å². The molecule has 8 nitrogen and oxygen atoms in total. The number of nitro benzene ring substituents is 1. The number of hydrogen-bond acceptors (Lipinski definition) is 5. The van der Waals surface area contributed by atoms with Gasteiger partial charge in [-0.25, -0.2) is 4.68 Å². The third-order valence-corrected chi connectivity index (χ3v) is 7.58. The highest BCUT2D eigenvalue weighted by atomic mass is 16.6. The van der Waals surface area contributed by atoms with E-state index in [-0.39, 0.29) is 23.2 Å². The summed E-state index contributed by atoms with van der Waals surface area (Å²) in [6.45, 7) is 2.04. The van der Waals surface area contributed by atoms with Crippen molar-refractivity contribution in [2.45, 2.75) is 82.7 Å². The second-order valence-electron chi connectivity index (χ2n) is 9.20. The van der Waals surface area contributed by atoms with Crippen LogP contribution < -0.4 is 4.90 Å². The SMILES string of the molecule is CCc1nc2n(n1)C1(CCCCC1)C1CCCCC1N2C(=O)c1cccc([N+](=O)[O-])c1. The Balaban J connectivity index is 1.65. The number of fused-ring (bicyclic) bond motifs is 4. The Morgan fingerprint density at radius 2 is 1.97 bits per heavy atom. The standard InChI is InChI=1S/C23H29N5O3/c1-2-20-24-22-26(21(29)16-9-8-10-17(15-16)28(30)31)19-12-5-4-11-18(19)23(27(22)25-20)13-6-3-7-14-23/h8-10,15,18-19H,2-7,11-14H2,1H3. The molecule has 2 atom stereocenters. The zero-order valence-electron chi connectivity index (χ0n) is 18.0. The molecule has 164 valence electrons. The van der Waals surface area contributed by atoms with Crippen LogP contribution in [-0.4, -0.2) is 31.6 Å². The van der Waals surface area contributed by atoms with Crippen molar-refractivity contribution in [2.24, 2.45) is 5.92 Å². The van der Waals surface area contributed by atoms with Crippen LogP contribution in [0.4, 0.5) is 11.6 Å². The van der Waals surface area contributed by atoms with Gasteiger partial charge in [-0.2, -0.15) is 10.1 Å². The summed E-state index contributed by atoms with van der Waals surface area (Å²) in [6.07, 6.45) is 10.8. The van der Waals surface area contributed by atoms with E-state index < -0.39 is 4.92 Å². The van der Waals surface area contributed by atoms with E-state index in [9.17, 15) is 14.9 Å². The van der Waals surface area contributed by atoms with Gasteiger partial charge in [0.05, 0.1) is 10.5 Å². The van der Waals surface area contributed by atoms with Crippen molar-refractivity contribution in [2.75, 3.05) is 4.90 Å². The lowest BCUT2D eigenvalue weighted by atomic mass is 9.64. The lowest BCUT2D eigenvalue weighted by Crippen LogP contribution is -2.61. The Morgan fingerprint density at radius 1 is 1.19 bits per heavy atom. The molecule has 0 N–H and O–H groups in total. The van der Waals surface area contributed by atoms with Crippen LogP contribution in [0.25, 0.3) is 0 Å². The summed E-state index contributed by atoms with van der Waals surface area (Å²) in [7, 11) is 0. The minimum absolute atomic E-state index is 0.0570. The molecule has 2 saturated carbocycles. The van der Waals surface area contributed by atoms with E-state index in [1.807, 2.05) is 11.8 Å². The molecule has 2 fully saturated rings. The Hall–Kier alpha value is -2.77. The second kappa shape index (κ2) is 7.73. The smallest absolute Gasteiger partial charge is 0.270 e. The minimum Gasteiger partial charge on any atom is -0.273 e. The molecule has 2 heterocycles. The highest BCUT2D eigenvalue weighted by Crippen LogP contribution is 2.53. The first-order valence-electron chi connectivity index (χ1n) is 11.6. The van der Waals surface area contributed by atoms with Gasteiger partial charge < -0.3 is 0 Å². The van der Waals surface area contributed by atoms with E-state index in [2.05, 4.69) is 4.68 Å². The molecule has 3 aliphatic rings. The number of benzene rings is 1. The molecule has 31 heavy (non-hydrogen) atoms. The summed E-state index contributed by atoms with van der Waals surface area (Å²) in [4.78, 5) is 31.3. The fraction of sp³-hybridized carbons (Fsp3) is 0.609. The lowest BCUT2D eigenvalue weighted by molar-refractivity contribution is -0.384. The fourth-order valence-electron chi connectivity index (χ4n) is 6.18. The number of aromatic nitrogens is 3. The van der Waals surface area contributed by atoms with Gasteiger partial charge in [0.15, 0.2) is 5.82 Å². The van der Waals surface area contributed by atoms with Gasteiger partial charge in [-0.15, -0.1) is 0 Å². The Bertz CT molecular complexity index is 1010. The third-order valence-electron chi connectivity index (χ3n) is 7.58. The Kier molecular flexibility index (Phi) is 5.02. The molecule has 1 amide bonds. The second-order valence-corrected chi connectivity index (χ2v) is 9.20. The van der Waals surface area contributed by atoms with Gasteiger partial charge in [0, 0.05) is 36.1 Å². The van der Waals surface area contributed by atoms with Gasteiger partial charge >= 0.3 is 0 Å². The van der Waals surface area contributed by atoms with Crippen LogP contribution in [0.3, 0.4) is 0 Å². The van der Waals surface area contributed by atoms with E-state index in [4.69, 9.17) is 10.1 Å². The number of rotatable bonds is 3. The molecule has 1 spiro atoms. The number of carbonyl (C=O) groups excluding carboxylic acids is 1.